The van der Waals surface area contributed by atoms with Gasteiger partial charge in [0.05, 0.1) is 6.33 Å². The smallest absolute Gasteiger partial charge is 0.297 e. The number of amides is 1. The highest BCUT2D eigenvalue weighted by atomic mass is 16.3. The lowest BCUT2D eigenvalue weighted by molar-refractivity contribution is -0.121. The van der Waals surface area contributed by atoms with E-state index in [-0.39, 0.29) is 23.6 Å². The van der Waals surface area contributed by atoms with Gasteiger partial charge < -0.3 is 14.6 Å². The summed E-state index contributed by atoms with van der Waals surface area (Å²) >= 11 is 0. The molecule has 2 heterocycles. The molecule has 0 saturated heterocycles. The van der Waals surface area contributed by atoms with E-state index in [9.17, 15) is 9.59 Å². The Morgan fingerprint density at radius 3 is 2.73 bits per heavy atom. The maximum absolute atomic E-state index is 12.7. The summed E-state index contributed by atoms with van der Waals surface area (Å²) in [6.07, 6.45) is 2.23. The summed E-state index contributed by atoms with van der Waals surface area (Å²) < 4.78 is 6.93. The van der Waals surface area contributed by atoms with Crippen molar-refractivity contribution in [3.8, 4) is 0 Å². The Morgan fingerprint density at radius 1 is 1.13 bits per heavy atom. The van der Waals surface area contributed by atoms with Crippen molar-refractivity contribution < 1.29 is 9.21 Å². The van der Waals surface area contributed by atoms with Crippen LogP contribution in [0.25, 0.3) is 22.1 Å². The summed E-state index contributed by atoms with van der Waals surface area (Å²) in [5.74, 6) is -0.222. The monoisotopic (exact) mass is 404 g/mol. The highest BCUT2D eigenvalue weighted by Crippen LogP contribution is 2.23. The van der Waals surface area contributed by atoms with E-state index in [1.807, 2.05) is 36.4 Å². The van der Waals surface area contributed by atoms with Crippen LogP contribution in [0, 0.1) is 0 Å². The second kappa shape index (κ2) is 8.92. The van der Waals surface area contributed by atoms with Crippen LogP contribution in [0.2, 0.25) is 0 Å². The molecule has 0 spiro atoms. The molecule has 30 heavy (non-hydrogen) atoms. The van der Waals surface area contributed by atoms with E-state index in [1.165, 1.54) is 16.5 Å². The largest absolute Gasteiger partial charge is 0.448 e. The summed E-state index contributed by atoms with van der Waals surface area (Å²) in [7, 11) is 2.06. The van der Waals surface area contributed by atoms with Gasteiger partial charge in [-0.3, -0.25) is 14.2 Å². The maximum atomic E-state index is 12.7. The van der Waals surface area contributed by atoms with Gasteiger partial charge in [0, 0.05) is 18.5 Å². The quantitative estimate of drug-likeness (QED) is 0.457. The summed E-state index contributed by atoms with van der Waals surface area (Å²) in [5.41, 5.74) is 2.22. The number of hydrogen-bond donors (Lipinski definition) is 1. The number of furan rings is 1. The topological polar surface area (TPSA) is 80.4 Å². The van der Waals surface area contributed by atoms with Crippen LogP contribution in [0.3, 0.4) is 0 Å². The van der Waals surface area contributed by atoms with Crippen LogP contribution >= 0.6 is 0 Å². The van der Waals surface area contributed by atoms with Gasteiger partial charge in [-0.1, -0.05) is 42.5 Å². The Kier molecular flexibility index (Phi) is 5.90. The van der Waals surface area contributed by atoms with Gasteiger partial charge in [-0.2, -0.15) is 0 Å². The van der Waals surface area contributed by atoms with Crippen LogP contribution in [0.1, 0.15) is 12.0 Å². The molecule has 7 nitrogen and oxygen atoms in total. The molecular formula is C23H24N4O3. The first-order valence-corrected chi connectivity index (χ1v) is 9.97. The number of hydrogen-bond acceptors (Lipinski definition) is 5. The van der Waals surface area contributed by atoms with Crippen molar-refractivity contribution in [1.29, 1.82) is 0 Å². The molecule has 0 aliphatic rings. The molecule has 2 aromatic carbocycles. The van der Waals surface area contributed by atoms with Crippen LogP contribution in [0.4, 0.5) is 0 Å². The second-order valence-corrected chi connectivity index (χ2v) is 7.38. The number of aromatic nitrogens is 2. The number of carbonyl (C=O) groups excluding carboxylic acids is 1. The molecular weight excluding hydrogens is 380 g/mol. The zero-order valence-electron chi connectivity index (χ0n) is 16.9. The number of fused-ring (bicyclic) bond motifs is 3. The highest BCUT2D eigenvalue weighted by Gasteiger charge is 2.14. The fraction of sp³-hybridized carbons (Fsp3) is 0.261. The fourth-order valence-electron chi connectivity index (χ4n) is 3.49. The highest BCUT2D eigenvalue weighted by molar-refractivity contribution is 6.01. The van der Waals surface area contributed by atoms with Crippen LogP contribution in [0.5, 0.6) is 0 Å². The minimum absolute atomic E-state index is 0.0846. The summed E-state index contributed by atoms with van der Waals surface area (Å²) in [6.45, 7) is 2.20. The van der Waals surface area contributed by atoms with Crippen molar-refractivity contribution in [2.45, 2.75) is 19.5 Å². The predicted molar refractivity (Wildman–Crippen MR) is 116 cm³/mol. The minimum Gasteiger partial charge on any atom is -0.448 e. The average Bonchev–Trinajstić information content (AvgIpc) is 3.13. The van der Waals surface area contributed by atoms with E-state index in [4.69, 9.17) is 4.42 Å². The zero-order valence-corrected chi connectivity index (χ0v) is 16.9. The van der Waals surface area contributed by atoms with Crippen LogP contribution in [0.15, 0.2) is 70.1 Å². The molecule has 0 atom stereocenters. The number of nitrogens with zero attached hydrogens (tertiary/aromatic N) is 3. The van der Waals surface area contributed by atoms with Crippen molar-refractivity contribution in [1.82, 2.24) is 19.8 Å². The van der Waals surface area contributed by atoms with Crippen molar-refractivity contribution >= 4 is 28.0 Å². The van der Waals surface area contributed by atoms with Crippen LogP contribution in [-0.4, -0.2) is 40.5 Å². The lowest BCUT2D eigenvalue weighted by atomic mass is 10.2. The Bertz CT molecular complexity index is 1210. The number of nitrogens with one attached hydrogen (secondary N) is 1. The number of benzene rings is 2. The third-order valence-electron chi connectivity index (χ3n) is 5.00. The SMILES string of the molecule is CN(CCCNC(=O)Cn1cnc2c(oc3ccccc32)c1=O)Cc1ccccc1. The minimum atomic E-state index is -0.353. The molecule has 0 aliphatic heterocycles. The maximum Gasteiger partial charge on any atom is 0.297 e. The normalized spacial score (nSPS) is 11.4. The van der Waals surface area contributed by atoms with E-state index < -0.39 is 0 Å². The molecule has 1 N–H and O–H groups in total. The first-order chi connectivity index (χ1) is 14.6. The van der Waals surface area contributed by atoms with Crippen LogP contribution in [-0.2, 0) is 17.9 Å². The van der Waals surface area contributed by atoms with E-state index >= 15 is 0 Å². The van der Waals surface area contributed by atoms with Gasteiger partial charge in [-0.05, 0) is 37.7 Å². The van der Waals surface area contributed by atoms with Gasteiger partial charge in [0.15, 0.2) is 0 Å². The Balaban J connectivity index is 1.30. The van der Waals surface area contributed by atoms with Crippen LogP contribution < -0.4 is 10.9 Å². The predicted octanol–water partition coefficient (Wildman–Crippen LogP) is 2.78. The summed E-state index contributed by atoms with van der Waals surface area (Å²) in [4.78, 5) is 31.5. The lowest BCUT2D eigenvalue weighted by Gasteiger charge is -2.16. The van der Waals surface area contributed by atoms with E-state index in [1.54, 1.807) is 6.07 Å². The molecule has 154 valence electrons. The van der Waals surface area contributed by atoms with E-state index in [2.05, 4.69) is 34.4 Å². The Labute approximate surface area is 173 Å². The van der Waals surface area contributed by atoms with Gasteiger partial charge in [-0.25, -0.2) is 4.98 Å². The average molecular weight is 404 g/mol. The Hall–Kier alpha value is -3.45. The van der Waals surface area contributed by atoms with Crippen molar-refractivity contribution in [3.05, 3.63) is 76.8 Å². The molecule has 4 rings (SSSR count). The third kappa shape index (κ3) is 4.41. The number of rotatable bonds is 8. The van der Waals surface area contributed by atoms with Gasteiger partial charge in [0.25, 0.3) is 5.56 Å². The molecule has 1 amide bonds. The molecule has 0 aliphatic carbocycles. The Morgan fingerprint density at radius 2 is 1.90 bits per heavy atom. The van der Waals surface area contributed by atoms with E-state index in [0.717, 1.165) is 24.9 Å². The molecule has 0 saturated carbocycles. The van der Waals surface area contributed by atoms with Crippen molar-refractivity contribution in [2.24, 2.45) is 0 Å². The van der Waals surface area contributed by atoms with Gasteiger partial charge in [-0.15, -0.1) is 0 Å². The van der Waals surface area contributed by atoms with Gasteiger partial charge >= 0.3 is 0 Å². The van der Waals surface area contributed by atoms with Crippen molar-refractivity contribution in [2.75, 3.05) is 20.1 Å². The zero-order chi connectivity index (χ0) is 20.9. The molecule has 4 aromatic rings. The molecule has 0 fully saturated rings. The van der Waals surface area contributed by atoms with Crippen molar-refractivity contribution in [3.63, 3.8) is 0 Å². The molecule has 0 unspecified atom stereocenters. The molecule has 2 aromatic heterocycles. The molecule has 0 bridgehead atoms. The molecule has 7 heteroatoms. The van der Waals surface area contributed by atoms with E-state index in [0.29, 0.717) is 17.6 Å². The third-order valence-corrected chi connectivity index (χ3v) is 5.00. The fourth-order valence-corrected chi connectivity index (χ4v) is 3.49. The second-order valence-electron chi connectivity index (χ2n) is 7.38. The number of carbonyl (C=O) groups is 1. The first kappa shape index (κ1) is 19.8. The summed E-state index contributed by atoms with van der Waals surface area (Å²) in [6, 6.07) is 17.6. The summed E-state index contributed by atoms with van der Waals surface area (Å²) in [5, 5.41) is 3.66. The van der Waals surface area contributed by atoms with Gasteiger partial charge in [0.1, 0.15) is 17.6 Å². The molecule has 0 radical (unpaired) electrons. The number of para-hydroxylation sites is 1. The lowest BCUT2D eigenvalue weighted by Crippen LogP contribution is -2.34. The first-order valence-electron chi connectivity index (χ1n) is 9.97. The van der Waals surface area contributed by atoms with Gasteiger partial charge in [0.2, 0.25) is 11.5 Å². The standard InChI is InChI=1S/C23H24N4O3/c1-26(14-17-8-3-2-4-9-17)13-7-12-24-20(28)15-27-16-25-21-18-10-5-6-11-19(18)30-22(21)23(27)29/h2-6,8-11,16H,7,12-15H2,1H3,(H,24,28).